The number of hydrogen-bond acceptors (Lipinski definition) is 5. The van der Waals surface area contributed by atoms with E-state index < -0.39 is 11.2 Å². The summed E-state index contributed by atoms with van der Waals surface area (Å²) in [5.74, 6) is 0.826. The molecular weight excluding hydrogens is 282 g/mol. The third kappa shape index (κ3) is 2.55. The molecule has 1 saturated carbocycles. The average molecular weight is 303 g/mol. The Bertz CT molecular complexity index is 738. The van der Waals surface area contributed by atoms with Crippen molar-refractivity contribution >= 4 is 5.82 Å². The third-order valence-corrected chi connectivity index (χ3v) is 4.72. The highest BCUT2D eigenvalue weighted by molar-refractivity contribution is 5.51. The molecule has 118 valence electrons. The van der Waals surface area contributed by atoms with Gasteiger partial charge < -0.3 is 10.2 Å². The zero-order valence-corrected chi connectivity index (χ0v) is 13.0. The number of nitriles is 1. The van der Waals surface area contributed by atoms with Crippen LogP contribution in [-0.2, 0) is 14.1 Å². The predicted molar refractivity (Wildman–Crippen MR) is 82.8 cm³/mol. The van der Waals surface area contributed by atoms with E-state index in [2.05, 4.69) is 10.2 Å². The molecular formula is C15H21N5O2. The molecule has 1 aromatic heterocycles. The largest absolute Gasteiger partial charge is 0.370 e. The van der Waals surface area contributed by atoms with Gasteiger partial charge in [-0.2, -0.15) is 5.26 Å². The smallest absolute Gasteiger partial charge is 0.332 e. The summed E-state index contributed by atoms with van der Waals surface area (Å²) in [5.41, 5.74) is -0.960. The number of nitrogens with zero attached hydrogens (tertiary/aromatic N) is 4. The maximum atomic E-state index is 12.0. The predicted octanol–water partition coefficient (Wildman–Crippen LogP) is -0.148. The Hall–Kier alpha value is -2.07. The zero-order valence-electron chi connectivity index (χ0n) is 13.0. The molecule has 1 N–H and O–H groups in total. The van der Waals surface area contributed by atoms with Crippen LogP contribution < -0.4 is 16.6 Å². The molecule has 7 heteroatoms. The van der Waals surface area contributed by atoms with Gasteiger partial charge >= 0.3 is 5.69 Å². The molecule has 2 heterocycles. The number of aromatic nitrogens is 2. The van der Waals surface area contributed by atoms with E-state index in [4.69, 9.17) is 0 Å². The van der Waals surface area contributed by atoms with Crippen LogP contribution in [0.3, 0.4) is 0 Å². The number of nitrogens with one attached hydrogen (secondary N) is 1. The minimum Gasteiger partial charge on any atom is -0.370 e. The van der Waals surface area contributed by atoms with Crippen molar-refractivity contribution in [3.63, 3.8) is 0 Å². The maximum Gasteiger partial charge on any atom is 0.332 e. The van der Waals surface area contributed by atoms with Gasteiger partial charge in [0.2, 0.25) is 0 Å². The van der Waals surface area contributed by atoms with E-state index >= 15 is 0 Å². The molecule has 0 bridgehead atoms. The van der Waals surface area contributed by atoms with E-state index in [-0.39, 0.29) is 5.56 Å². The lowest BCUT2D eigenvalue weighted by molar-refractivity contribution is 0.316. The minimum atomic E-state index is -0.542. The Morgan fingerprint density at radius 1 is 1.23 bits per heavy atom. The van der Waals surface area contributed by atoms with Gasteiger partial charge in [-0.3, -0.25) is 13.9 Å². The second kappa shape index (κ2) is 5.61. The fraction of sp³-hybridized carbons (Fsp3) is 0.667. The van der Waals surface area contributed by atoms with E-state index in [1.807, 2.05) is 6.07 Å². The summed E-state index contributed by atoms with van der Waals surface area (Å²) >= 11 is 0. The lowest BCUT2D eigenvalue weighted by atomic mass is 10.1. The van der Waals surface area contributed by atoms with Crippen LogP contribution in [0.15, 0.2) is 9.59 Å². The quantitative estimate of drug-likeness (QED) is 0.836. The highest BCUT2D eigenvalue weighted by Gasteiger charge is 2.34. The van der Waals surface area contributed by atoms with Crippen molar-refractivity contribution in [1.29, 1.82) is 5.26 Å². The summed E-state index contributed by atoms with van der Waals surface area (Å²) in [6.45, 7) is 2.86. The molecule has 7 nitrogen and oxygen atoms in total. The van der Waals surface area contributed by atoms with Crippen molar-refractivity contribution in [2.75, 3.05) is 25.0 Å². The van der Waals surface area contributed by atoms with Gasteiger partial charge in [0, 0.05) is 33.2 Å². The molecule has 0 spiro atoms. The van der Waals surface area contributed by atoms with Gasteiger partial charge in [0.25, 0.3) is 5.56 Å². The molecule has 2 aliphatic rings. The molecule has 1 aliphatic heterocycles. The summed E-state index contributed by atoms with van der Waals surface area (Å²) in [6.07, 6.45) is 3.73. The molecule has 0 aromatic carbocycles. The SMILES string of the molecule is Cn1c(NC[C@@H]2CCN(C3CC3)C2)c(C#N)c(=O)n(C)c1=O. The summed E-state index contributed by atoms with van der Waals surface area (Å²) in [7, 11) is 2.97. The Labute approximate surface area is 128 Å². The summed E-state index contributed by atoms with van der Waals surface area (Å²) in [6, 6.07) is 2.69. The Kier molecular flexibility index (Phi) is 3.79. The molecule has 0 amide bonds. The Morgan fingerprint density at radius 2 is 1.95 bits per heavy atom. The van der Waals surface area contributed by atoms with E-state index in [0.29, 0.717) is 18.3 Å². The second-order valence-corrected chi connectivity index (χ2v) is 6.30. The fourth-order valence-electron chi connectivity index (χ4n) is 3.19. The zero-order chi connectivity index (χ0) is 15.9. The van der Waals surface area contributed by atoms with Crippen molar-refractivity contribution in [3.05, 3.63) is 26.4 Å². The molecule has 1 atom stereocenters. The lowest BCUT2D eigenvalue weighted by Gasteiger charge is -2.17. The molecule has 1 aliphatic carbocycles. The standard InChI is InChI=1S/C15H21N5O2/c1-18-13(12(7-16)14(21)19(2)15(18)22)17-8-10-5-6-20(9-10)11-3-4-11/h10-11,17H,3-6,8-9H2,1-2H3/t10-/m0/s1. The van der Waals surface area contributed by atoms with Crippen LogP contribution in [0.4, 0.5) is 5.82 Å². The van der Waals surface area contributed by atoms with Crippen molar-refractivity contribution in [2.24, 2.45) is 20.0 Å². The number of likely N-dealkylation sites (tertiary alicyclic amines) is 1. The van der Waals surface area contributed by atoms with Crippen molar-refractivity contribution in [2.45, 2.75) is 25.3 Å². The van der Waals surface area contributed by atoms with Crippen LogP contribution in [0.25, 0.3) is 0 Å². The lowest BCUT2D eigenvalue weighted by Crippen LogP contribution is -2.40. The van der Waals surface area contributed by atoms with Crippen LogP contribution in [0, 0.1) is 17.2 Å². The van der Waals surface area contributed by atoms with Gasteiger partial charge in [0.1, 0.15) is 11.9 Å². The van der Waals surface area contributed by atoms with Crippen LogP contribution >= 0.6 is 0 Å². The topological polar surface area (TPSA) is 83.1 Å². The Balaban J connectivity index is 1.76. The number of hydrogen-bond donors (Lipinski definition) is 1. The molecule has 1 aromatic rings. The monoisotopic (exact) mass is 303 g/mol. The van der Waals surface area contributed by atoms with Crippen molar-refractivity contribution in [3.8, 4) is 6.07 Å². The van der Waals surface area contributed by atoms with E-state index in [1.54, 1.807) is 7.05 Å². The molecule has 0 radical (unpaired) electrons. The summed E-state index contributed by atoms with van der Waals surface area (Å²) < 4.78 is 2.31. The fourth-order valence-corrected chi connectivity index (χ4v) is 3.19. The van der Waals surface area contributed by atoms with Crippen LogP contribution in [-0.4, -0.2) is 39.7 Å². The summed E-state index contributed by atoms with van der Waals surface area (Å²) in [5, 5.41) is 12.4. The first-order valence-electron chi connectivity index (χ1n) is 7.71. The van der Waals surface area contributed by atoms with Gasteiger partial charge in [-0.25, -0.2) is 4.79 Å². The van der Waals surface area contributed by atoms with E-state index in [9.17, 15) is 14.9 Å². The van der Waals surface area contributed by atoms with Crippen LogP contribution in [0.1, 0.15) is 24.8 Å². The number of rotatable bonds is 4. The first-order valence-corrected chi connectivity index (χ1v) is 7.71. The Morgan fingerprint density at radius 3 is 2.59 bits per heavy atom. The summed E-state index contributed by atoms with van der Waals surface area (Å²) in [4.78, 5) is 26.5. The van der Waals surface area contributed by atoms with Gasteiger partial charge in [-0.1, -0.05) is 0 Å². The average Bonchev–Trinajstić information content (AvgIpc) is 3.26. The highest BCUT2D eigenvalue weighted by atomic mass is 16.2. The maximum absolute atomic E-state index is 12.0. The molecule has 3 rings (SSSR count). The normalized spacial score (nSPS) is 21.8. The third-order valence-electron chi connectivity index (χ3n) is 4.72. The van der Waals surface area contributed by atoms with Crippen LogP contribution in [0.2, 0.25) is 0 Å². The highest BCUT2D eigenvalue weighted by Crippen LogP contribution is 2.31. The van der Waals surface area contributed by atoms with Gasteiger partial charge in [-0.15, -0.1) is 0 Å². The molecule has 1 saturated heterocycles. The van der Waals surface area contributed by atoms with Gasteiger partial charge in [-0.05, 0) is 31.7 Å². The van der Waals surface area contributed by atoms with Crippen molar-refractivity contribution < 1.29 is 0 Å². The van der Waals surface area contributed by atoms with Crippen LogP contribution in [0.5, 0.6) is 0 Å². The van der Waals surface area contributed by atoms with Gasteiger partial charge in [0.05, 0.1) is 0 Å². The van der Waals surface area contributed by atoms with E-state index in [1.165, 1.54) is 24.5 Å². The molecule has 22 heavy (non-hydrogen) atoms. The number of anilines is 1. The first-order chi connectivity index (χ1) is 10.5. The molecule has 0 unspecified atom stereocenters. The van der Waals surface area contributed by atoms with Gasteiger partial charge in [0.15, 0.2) is 5.56 Å². The molecule has 2 fully saturated rings. The minimum absolute atomic E-state index is 0.00152. The van der Waals surface area contributed by atoms with E-state index in [0.717, 1.165) is 30.1 Å². The van der Waals surface area contributed by atoms with Crippen molar-refractivity contribution in [1.82, 2.24) is 14.0 Å². The first kappa shape index (κ1) is 14.9. The second-order valence-electron chi connectivity index (χ2n) is 6.30.